The van der Waals surface area contributed by atoms with Crippen LogP contribution in [0.3, 0.4) is 0 Å². The highest BCUT2D eigenvalue weighted by Crippen LogP contribution is 2.19. The molecule has 4 rings (SSSR count). The van der Waals surface area contributed by atoms with Crippen molar-refractivity contribution >= 4 is 51.9 Å². The Labute approximate surface area is 192 Å². The molecule has 0 atom stereocenters. The van der Waals surface area contributed by atoms with Gasteiger partial charge in [-0.25, -0.2) is 9.37 Å². The molecule has 0 aliphatic rings. The maximum absolute atomic E-state index is 13.5. The number of guanidine groups is 1. The molecule has 6 nitrogen and oxygen atoms in total. The van der Waals surface area contributed by atoms with Crippen molar-refractivity contribution in [3.05, 3.63) is 66.4 Å². The van der Waals surface area contributed by atoms with Crippen LogP contribution in [-0.2, 0) is 13.0 Å². The normalized spacial score (nSPS) is 11.6. The number of aromatic amines is 1. The first kappa shape index (κ1) is 22.1. The molecule has 2 aromatic carbocycles. The fraction of sp³-hybridized carbons (Fsp3) is 0.273. The molecule has 0 radical (unpaired) electrons. The summed E-state index contributed by atoms with van der Waals surface area (Å²) in [6.07, 6.45) is 5.58. The Kier molecular flexibility index (Phi) is 7.67. The van der Waals surface area contributed by atoms with Crippen molar-refractivity contribution in [3.8, 4) is 0 Å². The molecule has 3 N–H and O–H groups in total. The van der Waals surface area contributed by atoms with E-state index < -0.39 is 0 Å². The average Bonchev–Trinajstić information content (AvgIpc) is 3.34. The maximum atomic E-state index is 13.5. The van der Waals surface area contributed by atoms with Gasteiger partial charge in [0.15, 0.2) is 5.96 Å². The van der Waals surface area contributed by atoms with E-state index in [1.54, 1.807) is 19.2 Å². The third-order valence-electron chi connectivity index (χ3n) is 5.04. The van der Waals surface area contributed by atoms with Gasteiger partial charge in [-0.05, 0) is 48.7 Å². The van der Waals surface area contributed by atoms with Crippen LogP contribution in [0.5, 0.6) is 0 Å². The molecule has 0 saturated heterocycles. The van der Waals surface area contributed by atoms with Crippen molar-refractivity contribution in [2.75, 3.05) is 20.1 Å². The van der Waals surface area contributed by atoms with E-state index in [4.69, 9.17) is 0 Å². The number of hydrogen-bond acceptors (Lipinski definition) is 2. The number of halogens is 2. The largest absolute Gasteiger partial charge is 0.361 e. The molecule has 0 fully saturated rings. The number of nitrogens with zero attached hydrogens (tertiary/aromatic N) is 3. The van der Waals surface area contributed by atoms with Crippen LogP contribution in [0.4, 0.5) is 4.39 Å². The van der Waals surface area contributed by atoms with Crippen LogP contribution in [0.1, 0.15) is 12.0 Å². The topological polar surface area (TPSA) is 70.0 Å². The Balaban J connectivity index is 0.00000256. The standard InChI is InChI=1S/C22H25FN6.HI/c1-24-22(25-10-4-12-29-15-28-20-5-2-3-6-21(20)29)26-11-9-16-14-27-19-8-7-17(23)13-18(16)19;/h2-3,5-8,13-15,27H,4,9-12H2,1H3,(H2,24,25,26);1H. The van der Waals surface area contributed by atoms with Crippen molar-refractivity contribution in [3.63, 3.8) is 0 Å². The summed E-state index contributed by atoms with van der Waals surface area (Å²) in [5, 5.41) is 7.60. The van der Waals surface area contributed by atoms with Gasteiger partial charge >= 0.3 is 0 Å². The number of rotatable bonds is 7. The van der Waals surface area contributed by atoms with Gasteiger partial charge in [-0.15, -0.1) is 24.0 Å². The maximum Gasteiger partial charge on any atom is 0.190 e. The van der Waals surface area contributed by atoms with E-state index in [9.17, 15) is 4.39 Å². The summed E-state index contributed by atoms with van der Waals surface area (Å²) in [4.78, 5) is 11.9. The smallest absolute Gasteiger partial charge is 0.190 e. The van der Waals surface area contributed by atoms with Crippen LogP contribution in [0.15, 0.2) is 60.0 Å². The molecule has 2 aromatic heterocycles. The van der Waals surface area contributed by atoms with Crippen LogP contribution in [0, 0.1) is 5.82 Å². The molecule has 0 unspecified atom stereocenters. The lowest BCUT2D eigenvalue weighted by molar-refractivity contribution is 0.629. The van der Waals surface area contributed by atoms with Crippen molar-refractivity contribution in [1.29, 1.82) is 0 Å². The molecule has 0 aliphatic carbocycles. The fourth-order valence-electron chi connectivity index (χ4n) is 3.54. The molecular formula is C22H26FIN6. The molecule has 30 heavy (non-hydrogen) atoms. The van der Waals surface area contributed by atoms with E-state index in [0.29, 0.717) is 0 Å². The Morgan fingerprint density at radius 1 is 1.17 bits per heavy atom. The quantitative estimate of drug-likeness (QED) is 0.149. The number of hydrogen-bond donors (Lipinski definition) is 3. The molecule has 0 spiro atoms. The minimum atomic E-state index is -0.213. The molecule has 158 valence electrons. The Hall–Kier alpha value is -2.62. The second-order valence-corrected chi connectivity index (χ2v) is 6.96. The summed E-state index contributed by atoms with van der Waals surface area (Å²) >= 11 is 0. The van der Waals surface area contributed by atoms with E-state index in [-0.39, 0.29) is 29.8 Å². The number of benzene rings is 2. The number of H-pyrrole nitrogens is 1. The van der Waals surface area contributed by atoms with Crippen molar-refractivity contribution in [2.24, 2.45) is 4.99 Å². The van der Waals surface area contributed by atoms with Gasteiger partial charge in [0.1, 0.15) is 5.82 Å². The van der Waals surface area contributed by atoms with Crippen molar-refractivity contribution < 1.29 is 4.39 Å². The van der Waals surface area contributed by atoms with Gasteiger partial charge in [0.05, 0.1) is 17.4 Å². The van der Waals surface area contributed by atoms with E-state index in [2.05, 4.69) is 36.2 Å². The monoisotopic (exact) mass is 520 g/mol. The highest BCUT2D eigenvalue weighted by molar-refractivity contribution is 14.0. The predicted molar refractivity (Wildman–Crippen MR) is 131 cm³/mol. The number of nitrogens with one attached hydrogen (secondary N) is 3. The van der Waals surface area contributed by atoms with Gasteiger partial charge in [0.25, 0.3) is 0 Å². The summed E-state index contributed by atoms with van der Waals surface area (Å²) in [7, 11) is 1.76. The lowest BCUT2D eigenvalue weighted by Gasteiger charge is -2.12. The first-order valence-electron chi connectivity index (χ1n) is 9.84. The SMILES string of the molecule is CN=C(NCCCn1cnc2ccccc21)NCCc1c[nH]c2ccc(F)cc12.I. The first-order valence-corrected chi connectivity index (χ1v) is 9.84. The summed E-state index contributed by atoms with van der Waals surface area (Å²) < 4.78 is 15.7. The number of fused-ring (bicyclic) bond motifs is 2. The molecule has 2 heterocycles. The summed E-state index contributed by atoms with van der Waals surface area (Å²) in [6, 6.07) is 13.0. The van der Waals surface area contributed by atoms with Crippen molar-refractivity contribution in [2.45, 2.75) is 19.4 Å². The Morgan fingerprint density at radius 3 is 2.87 bits per heavy atom. The van der Waals surface area contributed by atoms with E-state index in [0.717, 1.165) is 65.9 Å². The minimum Gasteiger partial charge on any atom is -0.361 e. The molecule has 8 heteroatoms. The van der Waals surface area contributed by atoms with Crippen LogP contribution < -0.4 is 10.6 Å². The van der Waals surface area contributed by atoms with Gasteiger partial charge in [0, 0.05) is 43.8 Å². The number of para-hydroxylation sites is 2. The van der Waals surface area contributed by atoms with Crippen LogP contribution in [-0.4, -0.2) is 40.6 Å². The van der Waals surface area contributed by atoms with Crippen LogP contribution >= 0.6 is 24.0 Å². The van der Waals surface area contributed by atoms with Gasteiger partial charge in [-0.3, -0.25) is 4.99 Å². The lowest BCUT2D eigenvalue weighted by Crippen LogP contribution is -2.38. The minimum absolute atomic E-state index is 0. The number of aromatic nitrogens is 3. The molecule has 0 aliphatic heterocycles. The fourth-order valence-corrected chi connectivity index (χ4v) is 3.54. The second kappa shape index (κ2) is 10.4. The lowest BCUT2D eigenvalue weighted by atomic mass is 10.1. The van der Waals surface area contributed by atoms with Gasteiger partial charge in [-0.1, -0.05) is 12.1 Å². The average molecular weight is 520 g/mol. The van der Waals surface area contributed by atoms with Crippen LogP contribution in [0.25, 0.3) is 21.9 Å². The highest BCUT2D eigenvalue weighted by Gasteiger charge is 2.06. The number of aliphatic imine (C=N–C) groups is 1. The van der Waals surface area contributed by atoms with Gasteiger partial charge in [0.2, 0.25) is 0 Å². The highest BCUT2D eigenvalue weighted by atomic mass is 127. The van der Waals surface area contributed by atoms with Crippen LogP contribution in [0.2, 0.25) is 0 Å². The Bertz CT molecular complexity index is 1130. The number of aryl methyl sites for hydroxylation is 1. The molecule has 0 saturated carbocycles. The zero-order valence-electron chi connectivity index (χ0n) is 16.9. The van der Waals surface area contributed by atoms with Gasteiger partial charge < -0.3 is 20.2 Å². The summed E-state index contributed by atoms with van der Waals surface area (Å²) in [5.41, 5.74) is 4.23. The number of imidazole rings is 1. The van der Waals surface area contributed by atoms with Gasteiger partial charge in [-0.2, -0.15) is 0 Å². The third-order valence-corrected chi connectivity index (χ3v) is 5.04. The summed E-state index contributed by atoms with van der Waals surface area (Å²) in [6.45, 7) is 2.42. The summed E-state index contributed by atoms with van der Waals surface area (Å²) in [5.74, 6) is 0.556. The first-order chi connectivity index (χ1) is 14.2. The zero-order valence-corrected chi connectivity index (χ0v) is 19.2. The van der Waals surface area contributed by atoms with E-state index >= 15 is 0 Å². The predicted octanol–water partition coefficient (Wildman–Crippen LogP) is 4.07. The van der Waals surface area contributed by atoms with Crippen molar-refractivity contribution in [1.82, 2.24) is 25.2 Å². The second-order valence-electron chi connectivity index (χ2n) is 6.96. The van der Waals surface area contributed by atoms with E-state index in [1.807, 2.05) is 30.7 Å². The molecule has 0 amide bonds. The zero-order chi connectivity index (χ0) is 20.1. The molecule has 4 aromatic rings. The Morgan fingerprint density at radius 2 is 2.00 bits per heavy atom. The molecule has 0 bridgehead atoms. The third kappa shape index (κ3) is 5.10. The van der Waals surface area contributed by atoms with E-state index in [1.165, 1.54) is 6.07 Å². The molecular weight excluding hydrogens is 494 g/mol.